The van der Waals surface area contributed by atoms with Gasteiger partial charge in [-0.25, -0.2) is 4.68 Å². The average Bonchev–Trinajstić information content (AvgIpc) is 2.98. The zero-order valence-corrected chi connectivity index (χ0v) is 14.6. The molecular weight excluding hydrogens is 344 g/mol. The Kier molecular flexibility index (Phi) is 4.62. The van der Waals surface area contributed by atoms with E-state index >= 15 is 0 Å². The van der Waals surface area contributed by atoms with Crippen molar-refractivity contribution in [1.82, 2.24) is 19.7 Å². The highest BCUT2D eigenvalue weighted by atomic mass is 19.3. The molecule has 0 aliphatic heterocycles. The number of hydrogen-bond acceptors (Lipinski definition) is 5. The number of H-pyrrole nitrogens is 1. The number of para-hydroxylation sites is 1. The highest BCUT2D eigenvalue weighted by Gasteiger charge is 2.20. The maximum Gasteiger partial charge on any atom is 0.387 e. The molecule has 0 saturated carbocycles. The Bertz CT molecular complexity index is 975. The van der Waals surface area contributed by atoms with Crippen molar-refractivity contribution in [3.05, 3.63) is 46.4 Å². The number of anilines is 1. The van der Waals surface area contributed by atoms with Gasteiger partial charge in [0.05, 0.1) is 11.7 Å². The predicted octanol–water partition coefficient (Wildman–Crippen LogP) is 3.09. The Labute approximate surface area is 148 Å². The van der Waals surface area contributed by atoms with Gasteiger partial charge in [0.1, 0.15) is 11.1 Å². The lowest BCUT2D eigenvalue weighted by Crippen LogP contribution is -2.24. The van der Waals surface area contributed by atoms with Crippen LogP contribution < -0.4 is 15.6 Å². The van der Waals surface area contributed by atoms with E-state index in [1.165, 1.54) is 12.3 Å². The van der Waals surface area contributed by atoms with Crippen LogP contribution in [0.3, 0.4) is 0 Å². The van der Waals surface area contributed by atoms with Gasteiger partial charge in [-0.2, -0.15) is 18.9 Å². The van der Waals surface area contributed by atoms with E-state index in [2.05, 4.69) is 25.1 Å². The third-order valence-corrected chi connectivity index (χ3v) is 3.71. The van der Waals surface area contributed by atoms with Crippen LogP contribution in [-0.4, -0.2) is 26.4 Å². The fourth-order valence-electron chi connectivity index (χ4n) is 2.53. The Morgan fingerprint density at radius 1 is 1.31 bits per heavy atom. The van der Waals surface area contributed by atoms with Gasteiger partial charge in [0.25, 0.3) is 5.56 Å². The van der Waals surface area contributed by atoms with Crippen LogP contribution in [0.1, 0.15) is 26.3 Å². The van der Waals surface area contributed by atoms with Gasteiger partial charge in [0, 0.05) is 12.1 Å². The first-order valence-corrected chi connectivity index (χ1v) is 8.01. The lowest BCUT2D eigenvalue weighted by atomic mass is 10.1. The van der Waals surface area contributed by atoms with Crippen LogP contribution in [0.5, 0.6) is 5.75 Å². The van der Waals surface area contributed by atoms with Crippen molar-refractivity contribution in [3.63, 3.8) is 0 Å². The molecule has 0 fully saturated rings. The fraction of sp³-hybridized carbons (Fsp3) is 0.353. The quantitative estimate of drug-likeness (QED) is 0.728. The highest BCUT2D eigenvalue weighted by molar-refractivity contribution is 5.74. The van der Waals surface area contributed by atoms with E-state index in [4.69, 9.17) is 0 Å². The Morgan fingerprint density at radius 3 is 2.73 bits per heavy atom. The molecule has 0 bridgehead atoms. The van der Waals surface area contributed by atoms with Crippen molar-refractivity contribution >= 4 is 17.0 Å². The summed E-state index contributed by atoms with van der Waals surface area (Å²) in [7, 11) is 0. The number of rotatable bonds is 5. The monoisotopic (exact) mass is 363 g/mol. The minimum Gasteiger partial charge on any atom is -0.434 e. The average molecular weight is 363 g/mol. The molecule has 138 valence electrons. The normalized spacial score (nSPS) is 11.9. The number of nitrogens with one attached hydrogen (secondary N) is 2. The van der Waals surface area contributed by atoms with Crippen LogP contribution in [0.15, 0.2) is 35.3 Å². The zero-order valence-electron chi connectivity index (χ0n) is 14.6. The van der Waals surface area contributed by atoms with Crippen molar-refractivity contribution in [2.24, 2.45) is 0 Å². The van der Waals surface area contributed by atoms with Gasteiger partial charge in [-0.1, -0.05) is 18.2 Å². The molecule has 2 heterocycles. The molecule has 0 aliphatic carbocycles. The van der Waals surface area contributed by atoms with Crippen LogP contribution in [0.25, 0.3) is 11.0 Å². The molecular formula is C17H19F2N5O2. The predicted molar refractivity (Wildman–Crippen MR) is 93.5 cm³/mol. The third kappa shape index (κ3) is 3.66. The molecule has 0 saturated heterocycles. The zero-order chi connectivity index (χ0) is 18.9. The lowest BCUT2D eigenvalue weighted by Gasteiger charge is -2.19. The summed E-state index contributed by atoms with van der Waals surface area (Å²) in [4.78, 5) is 19.3. The smallest absolute Gasteiger partial charge is 0.387 e. The molecule has 7 nitrogen and oxygen atoms in total. The van der Waals surface area contributed by atoms with Crippen LogP contribution >= 0.6 is 0 Å². The first-order chi connectivity index (χ1) is 12.3. The Hall–Kier alpha value is -2.97. The molecule has 0 spiro atoms. The number of ether oxygens (including phenoxy) is 1. The van der Waals surface area contributed by atoms with Gasteiger partial charge in [-0.15, -0.1) is 0 Å². The molecule has 3 aromatic rings. The van der Waals surface area contributed by atoms with E-state index in [0.717, 1.165) is 0 Å². The van der Waals surface area contributed by atoms with Crippen molar-refractivity contribution in [1.29, 1.82) is 0 Å². The molecule has 26 heavy (non-hydrogen) atoms. The van der Waals surface area contributed by atoms with Crippen LogP contribution in [0.4, 0.5) is 14.7 Å². The largest absolute Gasteiger partial charge is 0.434 e. The fourth-order valence-corrected chi connectivity index (χ4v) is 2.53. The number of halogens is 2. The number of hydrogen-bond donors (Lipinski definition) is 2. The molecule has 0 unspecified atom stereocenters. The maximum atomic E-state index is 12.5. The topological polar surface area (TPSA) is 84.8 Å². The SMILES string of the molecule is CC(C)(C)n1ncc2c(=O)[nH]c(NCc3ccccc3OC(F)F)nc21. The molecule has 2 N–H and O–H groups in total. The van der Waals surface area contributed by atoms with E-state index in [-0.39, 0.29) is 29.3 Å². The summed E-state index contributed by atoms with van der Waals surface area (Å²) in [6, 6.07) is 6.43. The molecule has 3 rings (SSSR count). The summed E-state index contributed by atoms with van der Waals surface area (Å²) in [5.74, 6) is 0.290. The molecule has 9 heteroatoms. The molecule has 0 radical (unpaired) electrons. The molecule has 0 atom stereocenters. The van der Waals surface area contributed by atoms with E-state index in [1.54, 1.807) is 22.9 Å². The van der Waals surface area contributed by atoms with Gasteiger partial charge < -0.3 is 10.1 Å². The molecule has 2 aromatic heterocycles. The highest BCUT2D eigenvalue weighted by Crippen LogP contribution is 2.22. The number of aromatic amines is 1. The van der Waals surface area contributed by atoms with Crippen LogP contribution in [-0.2, 0) is 12.1 Å². The number of fused-ring (bicyclic) bond motifs is 1. The second kappa shape index (κ2) is 6.74. The molecule has 0 aliphatic rings. The van der Waals surface area contributed by atoms with Gasteiger partial charge in [-0.3, -0.25) is 9.78 Å². The minimum absolute atomic E-state index is 0.0677. The van der Waals surface area contributed by atoms with Gasteiger partial charge in [0.15, 0.2) is 5.65 Å². The van der Waals surface area contributed by atoms with Crippen molar-refractivity contribution in [2.75, 3.05) is 5.32 Å². The third-order valence-electron chi connectivity index (χ3n) is 3.71. The lowest BCUT2D eigenvalue weighted by molar-refractivity contribution is -0.0504. The first kappa shape index (κ1) is 17.8. The van der Waals surface area contributed by atoms with E-state index < -0.39 is 6.61 Å². The summed E-state index contributed by atoms with van der Waals surface area (Å²) in [5.41, 5.74) is 0.281. The van der Waals surface area contributed by atoms with Crippen molar-refractivity contribution in [2.45, 2.75) is 39.5 Å². The van der Waals surface area contributed by atoms with Gasteiger partial charge in [-0.05, 0) is 26.8 Å². The van der Waals surface area contributed by atoms with Crippen molar-refractivity contribution in [3.8, 4) is 5.75 Å². The number of aromatic nitrogens is 4. The van der Waals surface area contributed by atoms with Crippen LogP contribution in [0, 0.1) is 0 Å². The first-order valence-electron chi connectivity index (χ1n) is 8.01. The summed E-state index contributed by atoms with van der Waals surface area (Å²) in [6.45, 7) is 3.10. The van der Waals surface area contributed by atoms with Gasteiger partial charge >= 0.3 is 6.61 Å². The van der Waals surface area contributed by atoms with Crippen molar-refractivity contribution < 1.29 is 13.5 Å². The Balaban J connectivity index is 1.90. The summed E-state index contributed by atoms with van der Waals surface area (Å²) < 4.78 is 31.2. The number of benzene rings is 1. The number of nitrogens with zero attached hydrogens (tertiary/aromatic N) is 3. The molecule has 0 amide bonds. The number of alkyl halides is 2. The van der Waals surface area contributed by atoms with E-state index in [1.807, 2.05) is 20.8 Å². The van der Waals surface area contributed by atoms with E-state index in [9.17, 15) is 13.6 Å². The van der Waals surface area contributed by atoms with Gasteiger partial charge in [0.2, 0.25) is 5.95 Å². The summed E-state index contributed by atoms with van der Waals surface area (Å²) >= 11 is 0. The standard InChI is InChI=1S/C17H19F2N5O2/c1-17(2,3)24-13-11(9-21-24)14(25)23-16(22-13)20-8-10-6-4-5-7-12(10)26-15(18)19/h4-7,9,15H,8H2,1-3H3,(H2,20,22,23,25). The second-order valence-electron chi connectivity index (χ2n) is 6.72. The minimum atomic E-state index is -2.91. The maximum absolute atomic E-state index is 12.5. The van der Waals surface area contributed by atoms with Crippen LogP contribution in [0.2, 0.25) is 0 Å². The van der Waals surface area contributed by atoms with E-state index in [0.29, 0.717) is 16.6 Å². The summed E-state index contributed by atoms with van der Waals surface area (Å²) in [5, 5.41) is 7.56. The molecule has 1 aromatic carbocycles. The second-order valence-corrected chi connectivity index (χ2v) is 6.72. The Morgan fingerprint density at radius 2 is 2.04 bits per heavy atom. The summed E-state index contributed by atoms with van der Waals surface area (Å²) in [6.07, 6.45) is 1.47.